The van der Waals surface area contributed by atoms with Crippen LogP contribution in [0.1, 0.15) is 31.2 Å². The molecule has 1 aromatic rings. The average molecular weight is 244 g/mol. The number of methoxy groups -OCH3 is 1. The number of hydrogen-bond donors (Lipinski definition) is 0. The van der Waals surface area contributed by atoms with Crippen LogP contribution >= 0.6 is 0 Å². The molecule has 3 rings (SSSR count). The van der Waals surface area contributed by atoms with Gasteiger partial charge in [0.25, 0.3) is 0 Å². The van der Waals surface area contributed by atoms with Crippen LogP contribution in [0.4, 0.5) is 0 Å². The lowest BCUT2D eigenvalue weighted by Crippen LogP contribution is -2.07. The second kappa shape index (κ2) is 4.75. The molecule has 2 aliphatic carbocycles. The van der Waals surface area contributed by atoms with E-state index in [4.69, 9.17) is 4.74 Å². The van der Waals surface area contributed by atoms with Crippen molar-refractivity contribution in [2.24, 2.45) is 17.8 Å². The first-order chi connectivity index (χ1) is 8.79. The molecular formula is C16H20O2. The molecule has 2 unspecified atom stereocenters. The van der Waals surface area contributed by atoms with Gasteiger partial charge < -0.3 is 4.74 Å². The summed E-state index contributed by atoms with van der Waals surface area (Å²) >= 11 is 0. The molecule has 0 N–H and O–H groups in total. The molecule has 2 atom stereocenters. The predicted octanol–water partition coefficient (Wildman–Crippen LogP) is 3.24. The van der Waals surface area contributed by atoms with Gasteiger partial charge in [-0.2, -0.15) is 0 Å². The van der Waals surface area contributed by atoms with E-state index in [1.165, 1.54) is 25.7 Å². The summed E-state index contributed by atoms with van der Waals surface area (Å²) in [5, 5.41) is 0. The lowest BCUT2D eigenvalue weighted by molar-refractivity contribution is -0.120. The zero-order valence-corrected chi connectivity index (χ0v) is 10.9. The number of rotatable bonds is 4. The van der Waals surface area contributed by atoms with Gasteiger partial charge in [0.1, 0.15) is 11.5 Å². The molecule has 1 aromatic carbocycles. The van der Waals surface area contributed by atoms with Crippen LogP contribution in [0.2, 0.25) is 0 Å². The molecule has 96 valence electrons. The third-order valence-electron chi connectivity index (χ3n) is 4.54. The third-order valence-corrected chi connectivity index (χ3v) is 4.54. The Labute approximate surface area is 108 Å². The van der Waals surface area contributed by atoms with Crippen LogP contribution in [0.15, 0.2) is 24.3 Å². The van der Waals surface area contributed by atoms with Crippen LogP contribution in [-0.4, -0.2) is 12.9 Å². The van der Waals surface area contributed by atoms with Crippen molar-refractivity contribution in [2.75, 3.05) is 7.11 Å². The fourth-order valence-electron chi connectivity index (χ4n) is 3.57. The maximum absolute atomic E-state index is 12.3. The van der Waals surface area contributed by atoms with Crippen molar-refractivity contribution in [2.45, 2.75) is 32.1 Å². The topological polar surface area (TPSA) is 26.3 Å². The molecule has 2 heteroatoms. The highest BCUT2D eigenvalue weighted by Crippen LogP contribution is 2.56. The molecule has 2 fully saturated rings. The van der Waals surface area contributed by atoms with Crippen molar-refractivity contribution >= 4 is 5.78 Å². The van der Waals surface area contributed by atoms with E-state index >= 15 is 0 Å². The summed E-state index contributed by atoms with van der Waals surface area (Å²) in [5.74, 6) is 3.10. The van der Waals surface area contributed by atoms with Gasteiger partial charge in [-0.15, -0.1) is 0 Å². The van der Waals surface area contributed by atoms with Gasteiger partial charge in [-0.25, -0.2) is 0 Å². The zero-order valence-electron chi connectivity index (χ0n) is 10.9. The van der Waals surface area contributed by atoms with E-state index in [0.717, 1.165) is 23.1 Å². The highest BCUT2D eigenvalue weighted by Gasteiger charge is 2.53. The van der Waals surface area contributed by atoms with Crippen molar-refractivity contribution in [1.29, 1.82) is 0 Å². The Bertz CT molecular complexity index is 440. The largest absolute Gasteiger partial charge is 0.497 e. The maximum Gasteiger partial charge on any atom is 0.140 e. The van der Waals surface area contributed by atoms with Gasteiger partial charge in [0.15, 0.2) is 0 Å². The van der Waals surface area contributed by atoms with Crippen molar-refractivity contribution in [3.05, 3.63) is 29.8 Å². The van der Waals surface area contributed by atoms with Gasteiger partial charge in [0, 0.05) is 12.3 Å². The standard InChI is InChI=1S/C16H20O2/c1-18-12-6-4-5-11(9-12)10-15(17)16-13-7-2-3-8-14(13)16/h4-6,9,13-14,16H,2-3,7-8,10H2,1H3. The van der Waals surface area contributed by atoms with E-state index in [1.807, 2.05) is 24.3 Å². The monoisotopic (exact) mass is 244 g/mol. The lowest BCUT2D eigenvalue weighted by atomic mass is 10.0. The Morgan fingerprint density at radius 3 is 2.67 bits per heavy atom. The van der Waals surface area contributed by atoms with Crippen LogP contribution in [-0.2, 0) is 11.2 Å². The molecule has 2 saturated carbocycles. The Morgan fingerprint density at radius 2 is 2.00 bits per heavy atom. The first kappa shape index (κ1) is 11.8. The molecule has 18 heavy (non-hydrogen) atoms. The number of benzene rings is 1. The Morgan fingerprint density at radius 1 is 1.28 bits per heavy atom. The number of carbonyl (C=O) groups is 1. The van der Waals surface area contributed by atoms with E-state index in [-0.39, 0.29) is 0 Å². The maximum atomic E-state index is 12.3. The molecule has 2 aliphatic rings. The van der Waals surface area contributed by atoms with Crippen LogP contribution < -0.4 is 4.74 Å². The number of ketones is 1. The summed E-state index contributed by atoms with van der Waals surface area (Å²) in [5.41, 5.74) is 1.09. The lowest BCUT2D eigenvalue weighted by Gasteiger charge is -2.04. The van der Waals surface area contributed by atoms with E-state index in [1.54, 1.807) is 7.11 Å². The average Bonchev–Trinajstić information content (AvgIpc) is 3.13. The summed E-state index contributed by atoms with van der Waals surface area (Å²) < 4.78 is 5.20. The highest BCUT2D eigenvalue weighted by molar-refractivity contribution is 5.86. The van der Waals surface area contributed by atoms with E-state index in [2.05, 4.69) is 0 Å². The number of fused-ring (bicyclic) bond motifs is 1. The van der Waals surface area contributed by atoms with E-state index in [9.17, 15) is 4.79 Å². The Hall–Kier alpha value is -1.31. The third kappa shape index (κ3) is 2.16. The van der Waals surface area contributed by atoms with Crippen LogP contribution in [0.25, 0.3) is 0 Å². The molecule has 0 saturated heterocycles. The van der Waals surface area contributed by atoms with Crippen LogP contribution in [0, 0.1) is 17.8 Å². The minimum atomic E-state index is 0.374. The van der Waals surface area contributed by atoms with Gasteiger partial charge in [-0.3, -0.25) is 4.79 Å². The normalized spacial score (nSPS) is 29.5. The zero-order chi connectivity index (χ0) is 12.5. The quantitative estimate of drug-likeness (QED) is 0.812. The number of carbonyl (C=O) groups excluding carboxylic acids is 1. The molecule has 0 bridgehead atoms. The van der Waals surface area contributed by atoms with Crippen molar-refractivity contribution in [3.8, 4) is 5.75 Å². The Kier molecular flexibility index (Phi) is 3.11. The number of Topliss-reactive ketones (excluding diaryl/α,β-unsaturated/α-hetero) is 1. The summed E-state index contributed by atoms with van der Waals surface area (Å²) in [6.07, 6.45) is 5.78. The van der Waals surface area contributed by atoms with Crippen molar-refractivity contribution < 1.29 is 9.53 Å². The van der Waals surface area contributed by atoms with Gasteiger partial charge in [0.05, 0.1) is 7.11 Å². The van der Waals surface area contributed by atoms with Gasteiger partial charge in [0.2, 0.25) is 0 Å². The van der Waals surface area contributed by atoms with Crippen LogP contribution in [0.3, 0.4) is 0 Å². The molecule has 0 aromatic heterocycles. The first-order valence-corrected chi connectivity index (χ1v) is 6.95. The summed E-state index contributed by atoms with van der Waals surface area (Å²) in [4.78, 5) is 12.3. The van der Waals surface area contributed by atoms with Gasteiger partial charge in [-0.05, 0) is 42.4 Å². The van der Waals surface area contributed by atoms with Crippen molar-refractivity contribution in [3.63, 3.8) is 0 Å². The van der Waals surface area contributed by atoms with Gasteiger partial charge >= 0.3 is 0 Å². The molecule has 2 nitrogen and oxygen atoms in total. The van der Waals surface area contributed by atoms with Crippen LogP contribution in [0.5, 0.6) is 5.75 Å². The second-order valence-electron chi connectivity index (χ2n) is 5.63. The van der Waals surface area contributed by atoms with Gasteiger partial charge in [-0.1, -0.05) is 25.0 Å². The number of ether oxygens (including phenoxy) is 1. The molecule has 0 heterocycles. The molecule has 0 aliphatic heterocycles. The number of hydrogen-bond acceptors (Lipinski definition) is 2. The van der Waals surface area contributed by atoms with Crippen molar-refractivity contribution in [1.82, 2.24) is 0 Å². The van der Waals surface area contributed by atoms with E-state index in [0.29, 0.717) is 18.1 Å². The molecule has 0 spiro atoms. The molecular weight excluding hydrogens is 224 g/mol. The fourth-order valence-corrected chi connectivity index (χ4v) is 3.57. The minimum Gasteiger partial charge on any atom is -0.497 e. The summed E-state index contributed by atoms with van der Waals surface area (Å²) in [6, 6.07) is 7.88. The summed E-state index contributed by atoms with van der Waals surface area (Å²) in [6.45, 7) is 0. The summed E-state index contributed by atoms with van der Waals surface area (Å²) in [7, 11) is 1.66. The molecule has 0 amide bonds. The SMILES string of the molecule is COc1cccc(CC(=O)C2C3CCCCC32)c1. The highest BCUT2D eigenvalue weighted by atomic mass is 16.5. The Balaban J connectivity index is 1.64. The molecule has 0 radical (unpaired) electrons. The predicted molar refractivity (Wildman–Crippen MR) is 70.6 cm³/mol. The smallest absolute Gasteiger partial charge is 0.140 e. The fraction of sp³-hybridized carbons (Fsp3) is 0.562. The second-order valence-corrected chi connectivity index (χ2v) is 5.63. The minimum absolute atomic E-state index is 0.374. The first-order valence-electron chi connectivity index (χ1n) is 6.95. The van der Waals surface area contributed by atoms with E-state index < -0.39 is 0 Å².